The highest BCUT2D eigenvalue weighted by Gasteiger charge is 2.24. The maximum atomic E-state index is 8.93. The van der Waals surface area contributed by atoms with Gasteiger partial charge >= 0.3 is 0 Å². The number of aliphatic hydroxyl groups is 1. The molecule has 1 aliphatic rings. The van der Waals surface area contributed by atoms with Crippen molar-refractivity contribution in [3.05, 3.63) is 11.7 Å². The summed E-state index contributed by atoms with van der Waals surface area (Å²) in [6, 6.07) is -0.197. The van der Waals surface area contributed by atoms with Crippen molar-refractivity contribution < 1.29 is 9.63 Å². The van der Waals surface area contributed by atoms with Crippen molar-refractivity contribution in [2.45, 2.75) is 18.5 Å². The molecule has 1 saturated heterocycles. The van der Waals surface area contributed by atoms with Gasteiger partial charge in [-0.2, -0.15) is 4.98 Å². The molecule has 0 aromatic carbocycles. The topological polar surface area (TPSA) is 91.7 Å². The van der Waals surface area contributed by atoms with Crippen LogP contribution >= 0.6 is 0 Å². The molecule has 1 aromatic heterocycles. The third-order valence-corrected chi connectivity index (χ3v) is 3.40. The molecule has 0 bridgehead atoms. The zero-order chi connectivity index (χ0) is 13.1. The second-order valence-corrected chi connectivity index (χ2v) is 4.94. The number of aliphatic hydroxyl groups excluding tert-OH is 1. The second kappa shape index (κ2) is 5.75. The van der Waals surface area contributed by atoms with E-state index in [-0.39, 0.29) is 6.61 Å². The maximum absolute atomic E-state index is 8.93. The van der Waals surface area contributed by atoms with Crippen molar-refractivity contribution in [2.24, 2.45) is 5.73 Å². The van der Waals surface area contributed by atoms with E-state index < -0.39 is 6.04 Å². The van der Waals surface area contributed by atoms with Crippen LogP contribution in [0.1, 0.15) is 17.8 Å². The molecule has 3 N–H and O–H groups in total. The highest BCUT2D eigenvalue weighted by atomic mass is 16.5. The first-order valence-corrected chi connectivity index (χ1v) is 6.18. The summed E-state index contributed by atoms with van der Waals surface area (Å²) in [5, 5.41) is 12.8. The number of hydrogen-bond donors (Lipinski definition) is 2. The average molecular weight is 255 g/mol. The van der Waals surface area contributed by atoms with Crippen LogP contribution < -0.4 is 5.73 Å². The van der Waals surface area contributed by atoms with Gasteiger partial charge in [0, 0.05) is 32.1 Å². The maximum Gasteiger partial charge on any atom is 0.245 e. The fraction of sp³-hybridized carbons (Fsp3) is 0.818. The van der Waals surface area contributed by atoms with Crippen molar-refractivity contribution >= 4 is 0 Å². The lowest BCUT2D eigenvalue weighted by molar-refractivity contribution is 0.113. The summed E-state index contributed by atoms with van der Waals surface area (Å²) >= 11 is 0. The normalized spacial score (nSPS) is 24.3. The molecule has 1 fully saturated rings. The largest absolute Gasteiger partial charge is 0.394 e. The van der Waals surface area contributed by atoms with Crippen LogP contribution in [-0.2, 0) is 6.42 Å². The minimum atomic E-state index is -0.585. The highest BCUT2D eigenvalue weighted by molar-refractivity contribution is 4.95. The Hall–Kier alpha value is -1.02. The Labute approximate surface area is 107 Å². The zero-order valence-corrected chi connectivity index (χ0v) is 10.9. The molecule has 1 aliphatic heterocycles. The number of aromatic nitrogens is 2. The molecule has 0 spiro atoms. The van der Waals surface area contributed by atoms with Crippen LogP contribution in [0.2, 0.25) is 0 Å². The Morgan fingerprint density at radius 3 is 3.00 bits per heavy atom. The van der Waals surface area contributed by atoms with Gasteiger partial charge < -0.3 is 25.2 Å². The summed E-state index contributed by atoms with van der Waals surface area (Å²) in [6.45, 7) is 2.93. The summed E-state index contributed by atoms with van der Waals surface area (Å²) in [7, 11) is 4.22. The van der Waals surface area contributed by atoms with Crippen LogP contribution in [0.5, 0.6) is 0 Å². The predicted octanol–water partition coefficient (Wildman–Crippen LogP) is -1.15. The molecule has 2 heterocycles. The zero-order valence-electron chi connectivity index (χ0n) is 10.9. The molecule has 2 rings (SSSR count). The summed E-state index contributed by atoms with van der Waals surface area (Å²) in [4.78, 5) is 8.83. The third kappa shape index (κ3) is 3.05. The molecule has 2 unspecified atom stereocenters. The van der Waals surface area contributed by atoms with Crippen molar-refractivity contribution in [1.82, 2.24) is 19.9 Å². The Morgan fingerprint density at radius 1 is 1.50 bits per heavy atom. The molecule has 7 nitrogen and oxygen atoms in total. The van der Waals surface area contributed by atoms with E-state index in [9.17, 15) is 0 Å². The monoisotopic (exact) mass is 255 g/mol. The Kier molecular flexibility index (Phi) is 4.28. The van der Waals surface area contributed by atoms with Gasteiger partial charge in [0.15, 0.2) is 5.82 Å². The third-order valence-electron chi connectivity index (χ3n) is 3.40. The molecule has 7 heteroatoms. The summed E-state index contributed by atoms with van der Waals surface area (Å²) in [6.07, 6.45) is 0.739. The summed E-state index contributed by atoms with van der Waals surface area (Å²) in [5.41, 5.74) is 5.63. The van der Waals surface area contributed by atoms with Gasteiger partial charge in [-0.15, -0.1) is 0 Å². The fourth-order valence-electron chi connectivity index (χ4n) is 2.11. The quantitative estimate of drug-likeness (QED) is 0.702. The Balaban J connectivity index is 1.98. The van der Waals surface area contributed by atoms with Crippen molar-refractivity contribution in [2.75, 3.05) is 40.3 Å². The number of likely N-dealkylation sites (N-methyl/N-ethyl adjacent to an activating group) is 2. The van der Waals surface area contributed by atoms with Crippen LogP contribution in [0.4, 0.5) is 0 Å². The molecule has 2 atom stereocenters. The second-order valence-electron chi connectivity index (χ2n) is 4.94. The Morgan fingerprint density at radius 2 is 2.28 bits per heavy atom. The van der Waals surface area contributed by atoms with Crippen molar-refractivity contribution in [3.8, 4) is 0 Å². The first kappa shape index (κ1) is 13.4. The molecule has 1 aromatic rings. The molecule has 18 heavy (non-hydrogen) atoms. The Bertz CT molecular complexity index is 383. The minimum Gasteiger partial charge on any atom is -0.394 e. The van der Waals surface area contributed by atoms with E-state index in [0.717, 1.165) is 26.1 Å². The predicted molar refractivity (Wildman–Crippen MR) is 65.9 cm³/mol. The molecule has 0 amide bonds. The number of nitrogens with zero attached hydrogens (tertiary/aromatic N) is 4. The van der Waals surface area contributed by atoms with Crippen molar-refractivity contribution in [1.29, 1.82) is 0 Å². The number of hydrogen-bond acceptors (Lipinski definition) is 7. The van der Waals surface area contributed by atoms with E-state index in [4.69, 9.17) is 15.4 Å². The first-order chi connectivity index (χ1) is 8.60. The number of nitrogens with two attached hydrogens (primary N) is 1. The summed E-state index contributed by atoms with van der Waals surface area (Å²) in [5.74, 6) is 0.959. The molecule has 102 valence electrons. The first-order valence-electron chi connectivity index (χ1n) is 6.18. The standard InChI is InChI=1S/C11H21N5O2/c1-15-3-4-16(2)8(6-15)5-10-13-11(18-14-10)9(12)7-17/h8-9,17H,3-7,12H2,1-2H3. The van der Waals surface area contributed by atoms with Crippen LogP contribution in [-0.4, -0.2) is 71.4 Å². The van der Waals surface area contributed by atoms with Crippen LogP contribution in [0, 0.1) is 0 Å². The smallest absolute Gasteiger partial charge is 0.245 e. The van der Waals surface area contributed by atoms with Crippen LogP contribution in [0.15, 0.2) is 4.52 Å². The van der Waals surface area contributed by atoms with E-state index in [1.165, 1.54) is 0 Å². The number of rotatable bonds is 4. The van der Waals surface area contributed by atoms with Gasteiger partial charge in [0.25, 0.3) is 0 Å². The minimum absolute atomic E-state index is 0.187. The van der Waals surface area contributed by atoms with Gasteiger partial charge in [0.1, 0.15) is 6.04 Å². The lowest BCUT2D eigenvalue weighted by Gasteiger charge is -2.37. The molecule has 0 radical (unpaired) electrons. The van der Waals surface area contributed by atoms with Gasteiger partial charge in [-0.05, 0) is 14.1 Å². The molecule has 0 saturated carbocycles. The molecule has 0 aliphatic carbocycles. The van der Waals surface area contributed by atoms with Crippen molar-refractivity contribution in [3.63, 3.8) is 0 Å². The molecular formula is C11H21N5O2. The number of piperazine rings is 1. The van der Waals surface area contributed by atoms with E-state index in [0.29, 0.717) is 17.8 Å². The fourth-order valence-corrected chi connectivity index (χ4v) is 2.11. The van der Waals surface area contributed by atoms with Gasteiger partial charge in [-0.1, -0.05) is 5.16 Å². The lowest BCUT2D eigenvalue weighted by Crippen LogP contribution is -2.50. The van der Waals surface area contributed by atoms with Gasteiger partial charge in [0.05, 0.1) is 6.61 Å². The van der Waals surface area contributed by atoms with E-state index in [1.54, 1.807) is 0 Å². The lowest BCUT2D eigenvalue weighted by atomic mass is 10.1. The van der Waals surface area contributed by atoms with Gasteiger partial charge in [-0.25, -0.2) is 0 Å². The average Bonchev–Trinajstić information content (AvgIpc) is 2.81. The van der Waals surface area contributed by atoms with Crippen LogP contribution in [0.25, 0.3) is 0 Å². The van der Waals surface area contributed by atoms with Crippen LogP contribution in [0.3, 0.4) is 0 Å². The molecular weight excluding hydrogens is 234 g/mol. The van der Waals surface area contributed by atoms with E-state index >= 15 is 0 Å². The van der Waals surface area contributed by atoms with Gasteiger partial charge in [0.2, 0.25) is 5.89 Å². The van der Waals surface area contributed by atoms with E-state index in [2.05, 4.69) is 34.0 Å². The van der Waals surface area contributed by atoms with Gasteiger partial charge in [-0.3, -0.25) is 0 Å². The summed E-state index contributed by atoms with van der Waals surface area (Å²) < 4.78 is 5.04. The SMILES string of the molecule is CN1CCN(C)C(Cc2noc(C(N)CO)n2)C1. The highest BCUT2D eigenvalue weighted by Crippen LogP contribution is 2.12. The van der Waals surface area contributed by atoms with E-state index in [1.807, 2.05) is 0 Å².